The topological polar surface area (TPSA) is 12.0 Å². The van der Waals surface area contributed by atoms with Crippen molar-refractivity contribution in [1.82, 2.24) is 5.32 Å². The molecule has 1 aromatic carbocycles. The molecule has 0 unspecified atom stereocenters. The van der Waals surface area contributed by atoms with Crippen molar-refractivity contribution in [3.63, 3.8) is 0 Å². The van der Waals surface area contributed by atoms with Crippen LogP contribution in [-0.4, -0.2) is 6.04 Å². The van der Waals surface area contributed by atoms with Crippen molar-refractivity contribution in [3.8, 4) is 0 Å². The summed E-state index contributed by atoms with van der Waals surface area (Å²) < 4.78 is 1.43. The fourth-order valence-corrected chi connectivity index (χ4v) is 3.63. The van der Waals surface area contributed by atoms with Gasteiger partial charge >= 0.3 is 0 Å². The maximum atomic E-state index is 3.55. The average Bonchev–Trinajstić information content (AvgIpc) is 2.72. The number of nitrogens with one attached hydrogen (secondary N) is 1. The number of hydrogen-bond donors (Lipinski definition) is 1. The van der Waals surface area contributed by atoms with Gasteiger partial charge in [-0.05, 0) is 41.0 Å². The lowest BCUT2D eigenvalue weighted by atomic mass is 9.99. The number of benzene rings is 1. The van der Waals surface area contributed by atoms with Crippen molar-refractivity contribution in [2.24, 2.45) is 0 Å². The van der Waals surface area contributed by atoms with Crippen molar-refractivity contribution < 1.29 is 0 Å². The summed E-state index contributed by atoms with van der Waals surface area (Å²) in [6, 6.07) is 7.52. The van der Waals surface area contributed by atoms with Gasteiger partial charge in [-0.15, -0.1) is 11.3 Å². The van der Waals surface area contributed by atoms with Gasteiger partial charge in [0, 0.05) is 22.2 Å². The molecule has 0 amide bonds. The van der Waals surface area contributed by atoms with Gasteiger partial charge in [-0.25, -0.2) is 0 Å². The van der Waals surface area contributed by atoms with E-state index in [4.69, 9.17) is 0 Å². The molecule has 0 aliphatic rings. The number of hydrogen-bond acceptors (Lipinski definition) is 2. The fraction of sp³-hybridized carbons (Fsp3) is 0.529. The van der Waals surface area contributed by atoms with E-state index in [0.717, 1.165) is 13.0 Å². The summed E-state index contributed by atoms with van der Waals surface area (Å²) in [5, 5.41) is 5.02. The van der Waals surface area contributed by atoms with Crippen molar-refractivity contribution in [1.29, 1.82) is 0 Å². The lowest BCUT2D eigenvalue weighted by Gasteiger charge is -2.08. The molecule has 0 radical (unpaired) electrons. The molecule has 0 fully saturated rings. The first-order chi connectivity index (χ1) is 9.02. The minimum absolute atomic E-state index is 0.543. The van der Waals surface area contributed by atoms with Gasteiger partial charge in [-0.1, -0.05) is 40.7 Å². The van der Waals surface area contributed by atoms with E-state index in [1.165, 1.54) is 26.1 Å². The van der Waals surface area contributed by atoms with Gasteiger partial charge in [0.15, 0.2) is 0 Å². The van der Waals surface area contributed by atoms with E-state index in [-0.39, 0.29) is 0 Å². The first kappa shape index (κ1) is 14.5. The summed E-state index contributed by atoms with van der Waals surface area (Å²) in [6.45, 7) is 12.2. The third-order valence-electron chi connectivity index (χ3n) is 3.59. The van der Waals surface area contributed by atoms with Gasteiger partial charge in [0.1, 0.15) is 0 Å². The van der Waals surface area contributed by atoms with Gasteiger partial charge < -0.3 is 5.32 Å². The third-order valence-corrected chi connectivity index (χ3v) is 4.80. The molecule has 0 aliphatic heterocycles. The highest BCUT2D eigenvalue weighted by Crippen LogP contribution is 2.34. The van der Waals surface area contributed by atoms with Crippen LogP contribution < -0.4 is 5.32 Å². The van der Waals surface area contributed by atoms with Crippen LogP contribution >= 0.6 is 11.3 Å². The maximum absolute atomic E-state index is 3.55. The van der Waals surface area contributed by atoms with E-state index >= 15 is 0 Å². The highest BCUT2D eigenvalue weighted by molar-refractivity contribution is 7.19. The predicted octanol–water partition coefficient (Wildman–Crippen LogP) is 5.09. The van der Waals surface area contributed by atoms with E-state index < -0.39 is 0 Å². The summed E-state index contributed by atoms with van der Waals surface area (Å²) in [4.78, 5) is 1.51. The van der Waals surface area contributed by atoms with E-state index in [1.807, 2.05) is 11.3 Å². The Labute approximate surface area is 121 Å². The second-order valence-electron chi connectivity index (χ2n) is 5.80. The third kappa shape index (κ3) is 3.18. The summed E-state index contributed by atoms with van der Waals surface area (Å²) >= 11 is 1.95. The molecule has 0 aliphatic carbocycles. The maximum Gasteiger partial charge on any atom is 0.0349 e. The van der Waals surface area contributed by atoms with Crippen molar-refractivity contribution >= 4 is 21.4 Å². The van der Waals surface area contributed by atoms with Crippen LogP contribution in [0.25, 0.3) is 10.1 Å². The molecule has 104 valence electrons. The molecule has 2 rings (SSSR count). The van der Waals surface area contributed by atoms with E-state index in [9.17, 15) is 0 Å². The van der Waals surface area contributed by atoms with Gasteiger partial charge in [0.05, 0.1) is 0 Å². The summed E-state index contributed by atoms with van der Waals surface area (Å²) in [6.07, 6.45) is 1.12. The van der Waals surface area contributed by atoms with Gasteiger partial charge in [-0.3, -0.25) is 0 Å². The first-order valence-electron chi connectivity index (χ1n) is 7.30. The highest BCUT2D eigenvalue weighted by atomic mass is 32.1. The minimum Gasteiger partial charge on any atom is -0.310 e. The zero-order chi connectivity index (χ0) is 14.0. The molecule has 0 atom stereocenters. The average molecular weight is 275 g/mol. The molecule has 0 spiro atoms. The van der Waals surface area contributed by atoms with Crippen LogP contribution in [0.2, 0.25) is 0 Å². The Bertz CT molecular complexity index is 552. The van der Waals surface area contributed by atoms with Gasteiger partial charge in [-0.2, -0.15) is 0 Å². The second-order valence-corrected chi connectivity index (χ2v) is 6.94. The van der Waals surface area contributed by atoms with Gasteiger partial charge in [0.2, 0.25) is 0 Å². The summed E-state index contributed by atoms with van der Waals surface area (Å²) in [5.74, 6) is 0.603. The van der Waals surface area contributed by atoms with Crippen molar-refractivity contribution in [3.05, 3.63) is 34.2 Å². The first-order valence-corrected chi connectivity index (χ1v) is 8.12. The molecule has 0 bridgehead atoms. The number of aryl methyl sites for hydroxylation is 1. The van der Waals surface area contributed by atoms with Crippen LogP contribution in [0.1, 0.15) is 56.5 Å². The molecule has 0 saturated heterocycles. The lowest BCUT2D eigenvalue weighted by Crippen LogP contribution is -2.21. The normalized spacial score (nSPS) is 11.9. The summed E-state index contributed by atoms with van der Waals surface area (Å²) in [7, 11) is 0. The smallest absolute Gasteiger partial charge is 0.0349 e. The number of thiophene rings is 1. The largest absolute Gasteiger partial charge is 0.310 e. The molecular weight excluding hydrogens is 250 g/mol. The zero-order valence-electron chi connectivity index (χ0n) is 12.7. The highest BCUT2D eigenvalue weighted by Gasteiger charge is 2.12. The van der Waals surface area contributed by atoms with Gasteiger partial charge in [0.25, 0.3) is 0 Å². The number of rotatable bonds is 5. The molecule has 19 heavy (non-hydrogen) atoms. The van der Waals surface area contributed by atoms with Crippen LogP contribution in [-0.2, 0) is 13.0 Å². The number of fused-ring (bicyclic) bond motifs is 1. The van der Waals surface area contributed by atoms with Crippen molar-refractivity contribution in [2.75, 3.05) is 0 Å². The van der Waals surface area contributed by atoms with Crippen LogP contribution in [0.3, 0.4) is 0 Å². The second kappa shape index (κ2) is 6.06. The summed E-state index contributed by atoms with van der Waals surface area (Å²) in [5.41, 5.74) is 2.99. The molecular formula is C17H25NS. The van der Waals surface area contributed by atoms with E-state index in [1.54, 1.807) is 0 Å². The minimum atomic E-state index is 0.543. The quantitative estimate of drug-likeness (QED) is 0.802. The zero-order valence-corrected chi connectivity index (χ0v) is 13.5. The van der Waals surface area contributed by atoms with Crippen molar-refractivity contribution in [2.45, 2.75) is 59.5 Å². The van der Waals surface area contributed by atoms with Crippen LogP contribution in [0.15, 0.2) is 18.2 Å². The molecule has 1 N–H and O–H groups in total. The molecule has 1 aromatic heterocycles. The van der Waals surface area contributed by atoms with E-state index in [2.05, 4.69) is 58.1 Å². The molecule has 1 heterocycles. The predicted molar refractivity (Wildman–Crippen MR) is 87.3 cm³/mol. The van der Waals surface area contributed by atoms with Crippen LogP contribution in [0.5, 0.6) is 0 Å². The van der Waals surface area contributed by atoms with Crippen LogP contribution in [0, 0.1) is 0 Å². The Balaban J connectivity index is 2.43. The monoisotopic (exact) mass is 275 g/mol. The molecule has 0 saturated carbocycles. The standard InChI is InChI=1S/C17H25NS/c1-6-14-15-9-13(11(2)3)7-8-16(15)19-17(14)10-18-12(4)5/h7-9,11-12,18H,6,10H2,1-5H3. The molecule has 1 nitrogen and oxygen atoms in total. The fourth-order valence-electron chi connectivity index (χ4n) is 2.40. The molecule has 2 aromatic rings. The Hall–Kier alpha value is -0.860. The Morgan fingerprint density at radius 2 is 1.89 bits per heavy atom. The van der Waals surface area contributed by atoms with Crippen LogP contribution in [0.4, 0.5) is 0 Å². The SMILES string of the molecule is CCc1c(CNC(C)C)sc2ccc(C(C)C)cc12. The lowest BCUT2D eigenvalue weighted by molar-refractivity contribution is 0.591. The Morgan fingerprint density at radius 1 is 1.16 bits per heavy atom. The molecule has 2 heteroatoms. The Kier molecular flexibility index (Phi) is 4.64. The van der Waals surface area contributed by atoms with E-state index in [0.29, 0.717) is 12.0 Å². The Morgan fingerprint density at radius 3 is 2.47 bits per heavy atom.